The molecular formula is C20H18F2N4O3. The van der Waals surface area contributed by atoms with Gasteiger partial charge >= 0.3 is 6.61 Å². The third kappa shape index (κ3) is 3.36. The summed E-state index contributed by atoms with van der Waals surface area (Å²) in [5.74, 6) is -0.434. The van der Waals surface area contributed by atoms with Crippen molar-refractivity contribution >= 4 is 11.0 Å². The minimum atomic E-state index is -3.00. The van der Waals surface area contributed by atoms with E-state index in [2.05, 4.69) is 21.0 Å². The Bertz CT molecular complexity index is 1120. The molecule has 0 radical (unpaired) electrons. The highest BCUT2D eigenvalue weighted by Crippen LogP contribution is 2.43. The molecule has 3 aromatic rings. The number of halogens is 2. The van der Waals surface area contributed by atoms with Gasteiger partial charge in [0.25, 0.3) is 0 Å². The highest BCUT2D eigenvalue weighted by Gasteiger charge is 2.40. The zero-order chi connectivity index (χ0) is 20.9. The summed E-state index contributed by atoms with van der Waals surface area (Å²) in [4.78, 5) is 0. The monoisotopic (exact) mass is 400 g/mol. The Hall–Kier alpha value is -3.25. The van der Waals surface area contributed by atoms with Crippen LogP contribution in [0.15, 0.2) is 24.4 Å². The lowest BCUT2D eigenvalue weighted by Gasteiger charge is -2.41. The molecule has 0 aliphatic heterocycles. The van der Waals surface area contributed by atoms with E-state index < -0.39 is 12.2 Å². The maximum Gasteiger partial charge on any atom is 0.387 e. The van der Waals surface area contributed by atoms with Gasteiger partial charge in [0.1, 0.15) is 17.6 Å². The molecule has 2 heterocycles. The van der Waals surface area contributed by atoms with E-state index in [1.165, 1.54) is 6.07 Å². The average Bonchev–Trinajstić information content (AvgIpc) is 2.96. The number of ether oxygens (including phenoxy) is 1. The van der Waals surface area contributed by atoms with Crippen molar-refractivity contribution in [3.63, 3.8) is 0 Å². The van der Waals surface area contributed by atoms with Gasteiger partial charge < -0.3 is 19.5 Å². The fraction of sp³-hybridized carbons (Fsp3) is 0.350. The number of rotatable bonds is 4. The highest BCUT2D eigenvalue weighted by atomic mass is 19.3. The van der Waals surface area contributed by atoms with Crippen LogP contribution in [0.5, 0.6) is 11.5 Å². The number of hydrogen-bond acceptors (Lipinski definition) is 6. The molecule has 4 rings (SSSR count). The summed E-state index contributed by atoms with van der Waals surface area (Å²) in [6.07, 6.45) is 2.79. The minimum Gasteiger partial charge on any atom is -0.507 e. The number of aromatic nitrogens is 3. The van der Waals surface area contributed by atoms with E-state index in [1.807, 2.05) is 4.57 Å². The summed E-state index contributed by atoms with van der Waals surface area (Å²) in [6, 6.07) is 6.27. The summed E-state index contributed by atoms with van der Waals surface area (Å²) in [5, 5.41) is 38.9. The lowest BCUT2D eigenvalue weighted by atomic mass is 9.77. The van der Waals surface area contributed by atoms with Crippen molar-refractivity contribution in [2.45, 2.75) is 44.9 Å². The molecular weight excluding hydrogens is 382 g/mol. The Balaban J connectivity index is 1.78. The molecule has 7 nitrogen and oxygen atoms in total. The number of phenolic OH excluding ortho intramolecular Hbond substituents is 1. The standard InChI is InChI=1S/C20H18F2N4O3/c1-10-3-13(29-19(21)22)4-16(27)17(10)15-5-14-11(8-23)9-26(18(14)25-24-15)12-6-20(2,28)7-12/h3-5,9,12,19,27-28H,6-7H2,1-2H3. The molecule has 2 aromatic heterocycles. The number of aromatic hydroxyl groups is 1. The van der Waals surface area contributed by atoms with Gasteiger partial charge in [0.15, 0.2) is 5.65 Å². The van der Waals surface area contributed by atoms with Gasteiger partial charge in [-0.05, 0) is 44.4 Å². The summed E-state index contributed by atoms with van der Waals surface area (Å²) < 4.78 is 31.1. The lowest BCUT2D eigenvalue weighted by molar-refractivity contribution is -0.0505. The van der Waals surface area contributed by atoms with E-state index in [0.717, 1.165) is 6.07 Å². The number of hydrogen-bond donors (Lipinski definition) is 2. The summed E-state index contributed by atoms with van der Waals surface area (Å²) in [7, 11) is 0. The largest absolute Gasteiger partial charge is 0.507 e. The smallest absolute Gasteiger partial charge is 0.387 e. The van der Waals surface area contributed by atoms with Crippen LogP contribution < -0.4 is 4.74 Å². The summed E-state index contributed by atoms with van der Waals surface area (Å²) >= 11 is 0. The number of aryl methyl sites for hydroxylation is 1. The first kappa shape index (κ1) is 19.1. The van der Waals surface area contributed by atoms with Gasteiger partial charge in [0.05, 0.1) is 16.9 Å². The number of benzene rings is 1. The molecule has 0 atom stereocenters. The van der Waals surface area contributed by atoms with Crippen molar-refractivity contribution in [2.24, 2.45) is 0 Å². The second kappa shape index (κ2) is 6.67. The third-order valence-electron chi connectivity index (χ3n) is 5.21. The molecule has 9 heteroatoms. The van der Waals surface area contributed by atoms with Crippen LogP contribution in [-0.2, 0) is 0 Å². The molecule has 0 spiro atoms. The zero-order valence-corrected chi connectivity index (χ0v) is 15.7. The molecule has 1 aromatic carbocycles. The normalized spacial score (nSPS) is 21.2. The number of fused-ring (bicyclic) bond motifs is 1. The minimum absolute atomic E-state index is 0.0238. The molecule has 29 heavy (non-hydrogen) atoms. The van der Waals surface area contributed by atoms with Crippen molar-refractivity contribution in [1.29, 1.82) is 5.26 Å². The quantitative estimate of drug-likeness (QED) is 0.692. The van der Waals surface area contributed by atoms with Gasteiger partial charge in [-0.25, -0.2) is 0 Å². The summed E-state index contributed by atoms with van der Waals surface area (Å²) in [6.45, 7) is 0.393. The van der Waals surface area contributed by atoms with Gasteiger partial charge in [0, 0.05) is 29.3 Å². The molecule has 1 fully saturated rings. The van der Waals surface area contributed by atoms with Crippen LogP contribution in [-0.4, -0.2) is 37.2 Å². The highest BCUT2D eigenvalue weighted by molar-refractivity contribution is 5.87. The second-order valence-electron chi connectivity index (χ2n) is 7.60. The lowest BCUT2D eigenvalue weighted by Crippen LogP contribution is -2.41. The van der Waals surface area contributed by atoms with E-state index in [0.29, 0.717) is 46.3 Å². The van der Waals surface area contributed by atoms with Crippen LogP contribution in [0.4, 0.5) is 8.78 Å². The molecule has 0 saturated heterocycles. The maximum atomic E-state index is 12.4. The average molecular weight is 400 g/mol. The van der Waals surface area contributed by atoms with Crippen LogP contribution in [0.1, 0.15) is 36.9 Å². The van der Waals surface area contributed by atoms with Gasteiger partial charge in [-0.15, -0.1) is 10.2 Å². The van der Waals surface area contributed by atoms with Gasteiger partial charge in [-0.1, -0.05) is 0 Å². The van der Waals surface area contributed by atoms with Gasteiger partial charge in [-0.3, -0.25) is 0 Å². The van der Waals surface area contributed by atoms with Crippen LogP contribution in [0.2, 0.25) is 0 Å². The SMILES string of the molecule is Cc1cc(OC(F)F)cc(O)c1-c1cc2c(C#N)cn(C3CC(C)(O)C3)c2nn1. The molecule has 1 aliphatic rings. The van der Waals surface area contributed by atoms with Gasteiger partial charge in [-0.2, -0.15) is 14.0 Å². The van der Waals surface area contributed by atoms with Crippen molar-refractivity contribution in [2.75, 3.05) is 0 Å². The summed E-state index contributed by atoms with van der Waals surface area (Å²) in [5.41, 5.74) is 1.29. The molecule has 1 saturated carbocycles. The second-order valence-corrected chi connectivity index (χ2v) is 7.60. The van der Waals surface area contributed by atoms with Gasteiger partial charge in [0.2, 0.25) is 0 Å². The molecule has 1 aliphatic carbocycles. The molecule has 0 amide bonds. The van der Waals surface area contributed by atoms with Crippen LogP contribution >= 0.6 is 0 Å². The maximum absolute atomic E-state index is 12.4. The van der Waals surface area contributed by atoms with Crippen molar-refractivity contribution in [3.8, 4) is 28.8 Å². The van der Waals surface area contributed by atoms with E-state index in [4.69, 9.17) is 0 Å². The number of nitrogens with zero attached hydrogens (tertiary/aromatic N) is 4. The van der Waals surface area contributed by atoms with Crippen LogP contribution in [0, 0.1) is 18.3 Å². The number of phenols is 1. The van der Waals surface area contributed by atoms with E-state index in [-0.39, 0.29) is 17.5 Å². The van der Waals surface area contributed by atoms with E-state index in [1.54, 1.807) is 26.1 Å². The third-order valence-corrected chi connectivity index (χ3v) is 5.21. The van der Waals surface area contributed by atoms with Crippen LogP contribution in [0.3, 0.4) is 0 Å². The topological polar surface area (TPSA) is 104 Å². The predicted molar refractivity (Wildman–Crippen MR) is 99.6 cm³/mol. The first-order valence-electron chi connectivity index (χ1n) is 8.98. The Morgan fingerprint density at radius 1 is 1.31 bits per heavy atom. The van der Waals surface area contributed by atoms with Crippen molar-refractivity contribution < 1.29 is 23.7 Å². The van der Waals surface area contributed by atoms with Crippen molar-refractivity contribution in [1.82, 2.24) is 14.8 Å². The Morgan fingerprint density at radius 2 is 2.03 bits per heavy atom. The molecule has 150 valence electrons. The van der Waals surface area contributed by atoms with Crippen molar-refractivity contribution in [3.05, 3.63) is 35.5 Å². The Kier molecular flexibility index (Phi) is 4.39. The molecule has 2 N–H and O–H groups in total. The fourth-order valence-electron chi connectivity index (χ4n) is 3.93. The zero-order valence-electron chi connectivity index (χ0n) is 15.7. The first-order valence-corrected chi connectivity index (χ1v) is 8.98. The number of aliphatic hydroxyl groups is 1. The predicted octanol–water partition coefficient (Wildman–Crippen LogP) is 3.67. The van der Waals surface area contributed by atoms with Crippen LogP contribution in [0.25, 0.3) is 22.3 Å². The van der Waals surface area contributed by atoms with E-state index >= 15 is 0 Å². The Labute approximate surface area is 164 Å². The number of nitriles is 1. The Morgan fingerprint density at radius 3 is 2.62 bits per heavy atom. The first-order chi connectivity index (χ1) is 13.7. The molecule has 0 unspecified atom stereocenters. The van der Waals surface area contributed by atoms with E-state index in [9.17, 15) is 24.3 Å². The molecule has 0 bridgehead atoms. The number of alkyl halides is 2. The fourth-order valence-corrected chi connectivity index (χ4v) is 3.93.